The molecule has 1 aromatic rings. The van der Waals surface area contributed by atoms with Crippen LogP contribution < -0.4 is 10.6 Å². The molecule has 0 aromatic heterocycles. The number of aryl methyl sites for hydroxylation is 2. The Morgan fingerprint density at radius 3 is 2.29 bits per heavy atom. The number of para-hydroxylation sites is 1. The standard InChI is InChI=1S/C16H20N2O3/c1-4-8-13(15(19)20)17-16(21)18-14-11(5-2)9-7-10-12(14)6-3/h1,7,9-10,13H,5-6,8H2,2-3H3,(H,19,20)(H2,17,18,21). The van der Waals surface area contributed by atoms with E-state index in [-0.39, 0.29) is 6.42 Å². The summed E-state index contributed by atoms with van der Waals surface area (Å²) >= 11 is 0. The minimum Gasteiger partial charge on any atom is -0.480 e. The molecule has 0 aliphatic heterocycles. The van der Waals surface area contributed by atoms with Gasteiger partial charge in [-0.15, -0.1) is 12.3 Å². The summed E-state index contributed by atoms with van der Waals surface area (Å²) in [4.78, 5) is 23.0. The molecule has 21 heavy (non-hydrogen) atoms. The highest BCUT2D eigenvalue weighted by atomic mass is 16.4. The Balaban J connectivity index is 2.88. The second-order valence-electron chi connectivity index (χ2n) is 4.56. The van der Waals surface area contributed by atoms with Crippen LogP contribution in [0, 0.1) is 12.3 Å². The molecule has 0 bridgehead atoms. The number of terminal acetylenes is 1. The first-order valence-electron chi connectivity index (χ1n) is 6.88. The van der Waals surface area contributed by atoms with E-state index in [0.29, 0.717) is 0 Å². The van der Waals surface area contributed by atoms with Crippen molar-refractivity contribution in [2.24, 2.45) is 0 Å². The van der Waals surface area contributed by atoms with Gasteiger partial charge in [0.2, 0.25) is 0 Å². The van der Waals surface area contributed by atoms with Gasteiger partial charge in [0.25, 0.3) is 0 Å². The van der Waals surface area contributed by atoms with Crippen LogP contribution in [0.3, 0.4) is 0 Å². The van der Waals surface area contributed by atoms with E-state index in [0.717, 1.165) is 29.7 Å². The number of carbonyl (C=O) groups is 2. The molecule has 0 heterocycles. The van der Waals surface area contributed by atoms with E-state index in [2.05, 4.69) is 16.6 Å². The Hall–Kier alpha value is -2.48. The van der Waals surface area contributed by atoms with E-state index in [1.165, 1.54) is 0 Å². The van der Waals surface area contributed by atoms with Crippen molar-refractivity contribution >= 4 is 17.7 Å². The second kappa shape index (κ2) is 7.95. The number of rotatable bonds is 6. The predicted octanol–water partition coefficient (Wildman–Crippen LogP) is 2.41. The van der Waals surface area contributed by atoms with Gasteiger partial charge in [0.15, 0.2) is 0 Å². The molecule has 0 aliphatic rings. The van der Waals surface area contributed by atoms with E-state index >= 15 is 0 Å². The van der Waals surface area contributed by atoms with Gasteiger partial charge < -0.3 is 15.7 Å². The van der Waals surface area contributed by atoms with Gasteiger partial charge in [-0.2, -0.15) is 0 Å². The van der Waals surface area contributed by atoms with Gasteiger partial charge in [0.05, 0.1) is 0 Å². The lowest BCUT2D eigenvalue weighted by Gasteiger charge is -2.17. The molecule has 1 aromatic carbocycles. The second-order valence-corrected chi connectivity index (χ2v) is 4.56. The molecular weight excluding hydrogens is 268 g/mol. The number of carboxylic acids is 1. The Kier molecular flexibility index (Phi) is 6.28. The molecule has 0 saturated carbocycles. The highest BCUT2D eigenvalue weighted by Crippen LogP contribution is 2.22. The minimum atomic E-state index is -1.15. The number of carbonyl (C=O) groups excluding carboxylic acids is 1. The van der Waals surface area contributed by atoms with Crippen LogP contribution in [0.4, 0.5) is 10.5 Å². The predicted molar refractivity (Wildman–Crippen MR) is 82.2 cm³/mol. The number of anilines is 1. The van der Waals surface area contributed by atoms with Crippen molar-refractivity contribution in [2.75, 3.05) is 5.32 Å². The first-order chi connectivity index (χ1) is 10.0. The maximum absolute atomic E-state index is 12.0. The van der Waals surface area contributed by atoms with E-state index < -0.39 is 18.0 Å². The number of urea groups is 1. The third-order valence-corrected chi connectivity index (χ3v) is 3.16. The molecule has 0 saturated heterocycles. The third-order valence-electron chi connectivity index (χ3n) is 3.16. The fourth-order valence-corrected chi connectivity index (χ4v) is 2.03. The Morgan fingerprint density at radius 1 is 1.29 bits per heavy atom. The van der Waals surface area contributed by atoms with Gasteiger partial charge in [-0.05, 0) is 24.0 Å². The van der Waals surface area contributed by atoms with Crippen molar-refractivity contribution in [1.29, 1.82) is 0 Å². The molecule has 0 spiro atoms. The van der Waals surface area contributed by atoms with Crippen molar-refractivity contribution in [2.45, 2.75) is 39.2 Å². The summed E-state index contributed by atoms with van der Waals surface area (Å²) < 4.78 is 0. The van der Waals surface area contributed by atoms with E-state index in [1.807, 2.05) is 32.0 Å². The van der Waals surface area contributed by atoms with Crippen molar-refractivity contribution < 1.29 is 14.7 Å². The Labute approximate surface area is 124 Å². The van der Waals surface area contributed by atoms with Crippen molar-refractivity contribution in [3.63, 3.8) is 0 Å². The molecule has 1 rings (SSSR count). The maximum Gasteiger partial charge on any atom is 0.327 e. The number of aliphatic carboxylic acids is 1. The van der Waals surface area contributed by atoms with Crippen molar-refractivity contribution in [3.05, 3.63) is 29.3 Å². The van der Waals surface area contributed by atoms with Crippen LogP contribution in [0.15, 0.2) is 18.2 Å². The molecule has 0 aliphatic carbocycles. The molecule has 5 nitrogen and oxygen atoms in total. The largest absolute Gasteiger partial charge is 0.480 e. The van der Waals surface area contributed by atoms with Crippen molar-refractivity contribution in [1.82, 2.24) is 5.32 Å². The average Bonchev–Trinajstić information content (AvgIpc) is 2.46. The van der Waals surface area contributed by atoms with Crippen molar-refractivity contribution in [3.8, 4) is 12.3 Å². The summed E-state index contributed by atoms with van der Waals surface area (Å²) in [6.45, 7) is 3.99. The summed E-state index contributed by atoms with van der Waals surface area (Å²) in [7, 11) is 0. The third kappa shape index (κ3) is 4.53. The minimum absolute atomic E-state index is 0.0567. The number of benzene rings is 1. The van der Waals surface area contributed by atoms with E-state index in [9.17, 15) is 9.59 Å². The van der Waals surface area contributed by atoms with Crippen LogP contribution in [0.5, 0.6) is 0 Å². The van der Waals surface area contributed by atoms with Gasteiger partial charge >= 0.3 is 12.0 Å². The van der Waals surface area contributed by atoms with Crippen LogP contribution in [-0.2, 0) is 17.6 Å². The van der Waals surface area contributed by atoms with Crippen LogP contribution >= 0.6 is 0 Å². The first-order valence-corrected chi connectivity index (χ1v) is 6.88. The molecule has 2 amide bonds. The van der Waals surface area contributed by atoms with Gasteiger partial charge in [-0.3, -0.25) is 0 Å². The summed E-state index contributed by atoms with van der Waals surface area (Å²) in [6, 6.07) is 4.16. The zero-order valence-corrected chi connectivity index (χ0v) is 12.3. The molecule has 1 atom stereocenters. The molecule has 112 valence electrons. The van der Waals surface area contributed by atoms with Crippen LogP contribution in [0.25, 0.3) is 0 Å². The normalized spacial score (nSPS) is 11.3. The number of nitrogens with one attached hydrogen (secondary N) is 2. The smallest absolute Gasteiger partial charge is 0.327 e. The van der Waals surface area contributed by atoms with Crippen LogP contribution in [0.2, 0.25) is 0 Å². The molecule has 5 heteroatoms. The van der Waals surface area contributed by atoms with E-state index in [4.69, 9.17) is 11.5 Å². The topological polar surface area (TPSA) is 78.4 Å². The molecular formula is C16H20N2O3. The summed E-state index contributed by atoms with van der Waals surface area (Å²) in [5, 5.41) is 14.1. The van der Waals surface area contributed by atoms with Gasteiger partial charge in [-0.25, -0.2) is 9.59 Å². The lowest BCUT2D eigenvalue weighted by molar-refractivity contribution is -0.139. The van der Waals surface area contributed by atoms with Gasteiger partial charge in [0, 0.05) is 12.1 Å². The number of amides is 2. The van der Waals surface area contributed by atoms with Gasteiger partial charge in [0.1, 0.15) is 6.04 Å². The highest BCUT2D eigenvalue weighted by molar-refractivity contribution is 5.93. The lowest BCUT2D eigenvalue weighted by atomic mass is 10.0. The monoisotopic (exact) mass is 288 g/mol. The number of hydrogen-bond acceptors (Lipinski definition) is 2. The first kappa shape index (κ1) is 16.6. The van der Waals surface area contributed by atoms with Crippen LogP contribution in [-0.4, -0.2) is 23.1 Å². The Bertz CT molecular complexity index is 539. The van der Waals surface area contributed by atoms with Gasteiger partial charge in [-0.1, -0.05) is 32.0 Å². The molecule has 0 fully saturated rings. The summed E-state index contributed by atoms with van der Waals surface area (Å²) in [5.41, 5.74) is 2.76. The van der Waals surface area contributed by atoms with E-state index in [1.54, 1.807) is 0 Å². The summed E-state index contributed by atoms with van der Waals surface area (Å²) in [5.74, 6) is 1.09. The number of hydrogen-bond donors (Lipinski definition) is 3. The lowest BCUT2D eigenvalue weighted by Crippen LogP contribution is -2.43. The molecule has 3 N–H and O–H groups in total. The Morgan fingerprint density at radius 2 is 1.86 bits per heavy atom. The summed E-state index contributed by atoms with van der Waals surface area (Å²) in [6.07, 6.45) is 6.59. The fraction of sp³-hybridized carbons (Fsp3) is 0.375. The zero-order valence-electron chi connectivity index (χ0n) is 12.3. The molecule has 0 radical (unpaired) electrons. The SMILES string of the molecule is C#CCC(NC(=O)Nc1c(CC)cccc1CC)C(=O)O. The zero-order chi connectivity index (χ0) is 15.8. The highest BCUT2D eigenvalue weighted by Gasteiger charge is 2.19. The maximum atomic E-state index is 12.0. The number of carboxylic acid groups (broad SMARTS) is 1. The average molecular weight is 288 g/mol. The van der Waals surface area contributed by atoms with Crippen LogP contribution in [0.1, 0.15) is 31.4 Å². The fourth-order valence-electron chi connectivity index (χ4n) is 2.03. The quantitative estimate of drug-likeness (QED) is 0.703. The molecule has 1 unspecified atom stereocenters.